The van der Waals surface area contributed by atoms with Crippen LogP contribution in [-0.2, 0) is 11.2 Å². The molecule has 1 amide bonds. The highest BCUT2D eigenvalue weighted by Gasteiger charge is 2.27. The van der Waals surface area contributed by atoms with E-state index >= 15 is 0 Å². The molecule has 0 aliphatic carbocycles. The Bertz CT molecular complexity index is 747. The number of ether oxygens (including phenoxy) is 2. The molecule has 24 heavy (non-hydrogen) atoms. The zero-order valence-corrected chi connectivity index (χ0v) is 13.8. The second kappa shape index (κ2) is 6.91. The van der Waals surface area contributed by atoms with Crippen molar-refractivity contribution in [3.05, 3.63) is 53.8 Å². The van der Waals surface area contributed by atoms with Crippen LogP contribution in [0.4, 0.5) is 10.1 Å². The molecule has 0 spiro atoms. The minimum atomic E-state index is -0.470. The molecule has 1 aliphatic heterocycles. The first-order valence-corrected chi connectivity index (χ1v) is 7.93. The molecule has 5 heteroatoms. The largest absolute Gasteiger partial charge is 0.497 e. The zero-order valence-electron chi connectivity index (χ0n) is 13.8. The molecule has 2 aromatic rings. The molecule has 1 atom stereocenters. The SMILES string of the molecule is COc1ccc2c(c1)CC(C)CN2C(=O)COc1ccccc1F. The van der Waals surface area contributed by atoms with E-state index in [4.69, 9.17) is 9.47 Å². The smallest absolute Gasteiger partial charge is 0.264 e. The van der Waals surface area contributed by atoms with Crippen molar-refractivity contribution < 1.29 is 18.7 Å². The van der Waals surface area contributed by atoms with Crippen molar-refractivity contribution in [2.24, 2.45) is 5.92 Å². The monoisotopic (exact) mass is 329 g/mol. The Morgan fingerprint density at radius 2 is 2.08 bits per heavy atom. The van der Waals surface area contributed by atoms with E-state index in [0.717, 1.165) is 23.4 Å². The third-order valence-electron chi connectivity index (χ3n) is 4.13. The molecule has 2 aromatic carbocycles. The highest BCUT2D eigenvalue weighted by atomic mass is 19.1. The number of carbonyl (C=O) groups excluding carboxylic acids is 1. The summed E-state index contributed by atoms with van der Waals surface area (Å²) in [6, 6.07) is 11.8. The lowest BCUT2D eigenvalue weighted by Gasteiger charge is -2.33. The van der Waals surface area contributed by atoms with Crippen LogP contribution in [0.1, 0.15) is 12.5 Å². The van der Waals surface area contributed by atoms with E-state index in [1.165, 1.54) is 12.1 Å². The number of methoxy groups -OCH3 is 1. The minimum Gasteiger partial charge on any atom is -0.497 e. The van der Waals surface area contributed by atoms with Crippen LogP contribution in [0, 0.1) is 11.7 Å². The molecule has 0 N–H and O–H groups in total. The fraction of sp³-hybridized carbons (Fsp3) is 0.316. The van der Waals surface area contributed by atoms with Crippen LogP contribution < -0.4 is 14.4 Å². The van der Waals surface area contributed by atoms with Crippen molar-refractivity contribution in [2.75, 3.05) is 25.2 Å². The fourth-order valence-electron chi connectivity index (χ4n) is 2.98. The Kier molecular flexibility index (Phi) is 4.69. The van der Waals surface area contributed by atoms with Gasteiger partial charge in [0.05, 0.1) is 7.11 Å². The summed E-state index contributed by atoms with van der Waals surface area (Å²) in [4.78, 5) is 14.3. The van der Waals surface area contributed by atoms with Gasteiger partial charge in [0, 0.05) is 12.2 Å². The highest BCUT2D eigenvalue weighted by molar-refractivity contribution is 5.95. The van der Waals surface area contributed by atoms with Crippen LogP contribution in [0.5, 0.6) is 11.5 Å². The average Bonchev–Trinajstić information content (AvgIpc) is 2.59. The Labute approximate surface area is 140 Å². The summed E-state index contributed by atoms with van der Waals surface area (Å²) in [7, 11) is 1.62. The highest BCUT2D eigenvalue weighted by Crippen LogP contribution is 2.32. The number of anilines is 1. The topological polar surface area (TPSA) is 38.8 Å². The first-order chi connectivity index (χ1) is 11.6. The number of nitrogens with zero attached hydrogens (tertiary/aromatic N) is 1. The normalized spacial score (nSPS) is 16.5. The molecular weight excluding hydrogens is 309 g/mol. The Morgan fingerprint density at radius 3 is 2.83 bits per heavy atom. The summed E-state index contributed by atoms with van der Waals surface area (Å²) in [5.74, 6) is 0.546. The molecule has 0 saturated carbocycles. The first-order valence-electron chi connectivity index (χ1n) is 7.93. The molecule has 0 bridgehead atoms. The second-order valence-corrected chi connectivity index (χ2v) is 6.03. The molecule has 1 heterocycles. The van der Waals surface area contributed by atoms with Gasteiger partial charge in [0.2, 0.25) is 0 Å². The maximum atomic E-state index is 13.6. The molecule has 1 unspecified atom stereocenters. The predicted octanol–water partition coefficient (Wildman–Crippen LogP) is 3.44. The van der Waals surface area contributed by atoms with Crippen LogP contribution in [0.3, 0.4) is 0 Å². The lowest BCUT2D eigenvalue weighted by Crippen LogP contribution is -2.41. The van der Waals surface area contributed by atoms with E-state index in [1.807, 2.05) is 18.2 Å². The van der Waals surface area contributed by atoms with Gasteiger partial charge in [-0.25, -0.2) is 4.39 Å². The quantitative estimate of drug-likeness (QED) is 0.862. The average molecular weight is 329 g/mol. The van der Waals surface area contributed by atoms with Crippen LogP contribution in [-0.4, -0.2) is 26.2 Å². The number of hydrogen-bond acceptors (Lipinski definition) is 3. The predicted molar refractivity (Wildman–Crippen MR) is 90.1 cm³/mol. The van der Waals surface area contributed by atoms with E-state index in [1.54, 1.807) is 24.1 Å². The fourth-order valence-corrected chi connectivity index (χ4v) is 2.98. The van der Waals surface area contributed by atoms with Gasteiger partial charge in [0.25, 0.3) is 5.91 Å². The summed E-state index contributed by atoms with van der Waals surface area (Å²) in [6.45, 7) is 2.53. The van der Waals surface area contributed by atoms with Gasteiger partial charge in [-0.15, -0.1) is 0 Å². The number of rotatable bonds is 4. The molecule has 126 valence electrons. The van der Waals surface area contributed by atoms with E-state index < -0.39 is 5.82 Å². The Morgan fingerprint density at radius 1 is 1.29 bits per heavy atom. The van der Waals surface area contributed by atoms with Crippen molar-refractivity contribution in [1.29, 1.82) is 0 Å². The van der Waals surface area contributed by atoms with Crippen LogP contribution in [0.2, 0.25) is 0 Å². The molecule has 1 aliphatic rings. The van der Waals surface area contributed by atoms with Crippen molar-refractivity contribution in [3.8, 4) is 11.5 Å². The van der Waals surface area contributed by atoms with Gasteiger partial charge in [0.15, 0.2) is 18.2 Å². The van der Waals surface area contributed by atoms with E-state index in [-0.39, 0.29) is 18.3 Å². The third-order valence-corrected chi connectivity index (χ3v) is 4.13. The van der Waals surface area contributed by atoms with Crippen LogP contribution in [0.25, 0.3) is 0 Å². The van der Waals surface area contributed by atoms with Crippen molar-refractivity contribution in [1.82, 2.24) is 0 Å². The molecule has 0 fully saturated rings. The van der Waals surface area contributed by atoms with Crippen LogP contribution in [0.15, 0.2) is 42.5 Å². The maximum absolute atomic E-state index is 13.6. The Balaban J connectivity index is 1.77. The summed E-state index contributed by atoms with van der Waals surface area (Å²) in [5, 5.41) is 0. The molecule has 0 saturated heterocycles. The second-order valence-electron chi connectivity index (χ2n) is 6.03. The number of halogens is 1. The number of benzene rings is 2. The van der Waals surface area contributed by atoms with Crippen LogP contribution >= 0.6 is 0 Å². The molecular formula is C19H20FNO3. The molecule has 3 rings (SSSR count). The number of carbonyl (C=O) groups is 1. The summed E-state index contributed by atoms with van der Waals surface area (Å²) in [5.41, 5.74) is 1.95. The third kappa shape index (κ3) is 3.35. The first kappa shape index (κ1) is 16.3. The van der Waals surface area contributed by atoms with Gasteiger partial charge in [-0.3, -0.25) is 4.79 Å². The van der Waals surface area contributed by atoms with Gasteiger partial charge in [0.1, 0.15) is 5.75 Å². The van der Waals surface area contributed by atoms with Crippen molar-refractivity contribution >= 4 is 11.6 Å². The molecule has 4 nitrogen and oxygen atoms in total. The lowest BCUT2D eigenvalue weighted by molar-refractivity contribution is -0.120. The summed E-state index contributed by atoms with van der Waals surface area (Å²) < 4.78 is 24.2. The van der Waals surface area contributed by atoms with E-state index in [0.29, 0.717) is 12.5 Å². The van der Waals surface area contributed by atoms with Gasteiger partial charge >= 0.3 is 0 Å². The maximum Gasteiger partial charge on any atom is 0.264 e. The molecule has 0 radical (unpaired) electrons. The number of hydrogen-bond donors (Lipinski definition) is 0. The summed E-state index contributed by atoms with van der Waals surface area (Å²) in [6.07, 6.45) is 0.893. The van der Waals surface area contributed by atoms with E-state index in [2.05, 4.69) is 6.92 Å². The summed E-state index contributed by atoms with van der Waals surface area (Å²) >= 11 is 0. The Hall–Kier alpha value is -2.56. The van der Waals surface area contributed by atoms with Gasteiger partial charge in [-0.2, -0.15) is 0 Å². The van der Waals surface area contributed by atoms with E-state index in [9.17, 15) is 9.18 Å². The van der Waals surface area contributed by atoms with Crippen molar-refractivity contribution in [3.63, 3.8) is 0 Å². The number of fused-ring (bicyclic) bond motifs is 1. The lowest BCUT2D eigenvalue weighted by atomic mass is 9.93. The minimum absolute atomic E-state index is 0.0888. The zero-order chi connectivity index (χ0) is 17.1. The number of amides is 1. The number of para-hydroxylation sites is 1. The molecule has 0 aromatic heterocycles. The van der Waals surface area contributed by atoms with Crippen molar-refractivity contribution in [2.45, 2.75) is 13.3 Å². The van der Waals surface area contributed by atoms with Gasteiger partial charge < -0.3 is 14.4 Å². The standard InChI is InChI=1S/C19H20FNO3/c1-13-9-14-10-15(23-2)7-8-17(14)21(11-13)19(22)12-24-18-6-4-3-5-16(18)20/h3-8,10,13H,9,11-12H2,1-2H3. The van der Waals surface area contributed by atoms with Gasteiger partial charge in [-0.1, -0.05) is 19.1 Å². The van der Waals surface area contributed by atoms with Gasteiger partial charge in [-0.05, 0) is 48.2 Å².